The highest BCUT2D eigenvalue weighted by Crippen LogP contribution is 2.38. The van der Waals surface area contributed by atoms with E-state index in [1.807, 2.05) is 0 Å². The van der Waals surface area contributed by atoms with Gasteiger partial charge in [0.1, 0.15) is 0 Å². The molecule has 1 heterocycles. The van der Waals surface area contributed by atoms with Crippen LogP contribution in [0.1, 0.15) is 33.2 Å². The van der Waals surface area contributed by atoms with E-state index in [9.17, 15) is 27.6 Å². The average molecular weight is 348 g/mol. The predicted molar refractivity (Wildman–Crippen MR) is 83.3 cm³/mol. The van der Waals surface area contributed by atoms with E-state index >= 15 is 0 Å². The molecule has 2 aromatic rings. The van der Waals surface area contributed by atoms with Crippen LogP contribution in [0.3, 0.4) is 0 Å². The highest BCUT2D eigenvalue weighted by Gasteiger charge is 2.39. The Balaban J connectivity index is 2.17. The molecule has 1 aliphatic heterocycles. The molecule has 1 aliphatic rings. The summed E-state index contributed by atoms with van der Waals surface area (Å²) >= 11 is 0. The zero-order chi connectivity index (χ0) is 18.4. The Bertz CT molecular complexity index is 871. The molecule has 1 N–H and O–H groups in total. The fourth-order valence-electron chi connectivity index (χ4n) is 2.60. The van der Waals surface area contributed by atoms with E-state index < -0.39 is 29.5 Å². The SMILES string of the molecule is CC(=O)Nc1ccc(C(F)(F)F)cc1N1C(=O)c2ccccc2C1=O. The fraction of sp³-hybridized carbons (Fsp3) is 0.118. The van der Waals surface area contributed by atoms with Crippen LogP contribution in [0.5, 0.6) is 0 Å². The summed E-state index contributed by atoms with van der Waals surface area (Å²) in [6.45, 7) is 1.17. The summed E-state index contributed by atoms with van der Waals surface area (Å²) in [6.07, 6.45) is -4.66. The van der Waals surface area contributed by atoms with Gasteiger partial charge in [0, 0.05) is 6.92 Å². The summed E-state index contributed by atoms with van der Waals surface area (Å²) in [5.74, 6) is -2.03. The molecule has 3 amide bonds. The number of hydrogen-bond acceptors (Lipinski definition) is 3. The van der Waals surface area contributed by atoms with E-state index in [1.54, 1.807) is 12.1 Å². The molecule has 0 fully saturated rings. The largest absolute Gasteiger partial charge is 0.416 e. The maximum absolute atomic E-state index is 13.0. The summed E-state index contributed by atoms with van der Waals surface area (Å²) in [5, 5.41) is 2.34. The molecule has 2 aromatic carbocycles. The quantitative estimate of drug-likeness (QED) is 0.845. The van der Waals surface area contributed by atoms with Gasteiger partial charge in [-0.3, -0.25) is 14.4 Å². The number of halogens is 3. The van der Waals surface area contributed by atoms with Crippen molar-refractivity contribution in [3.05, 3.63) is 59.2 Å². The van der Waals surface area contributed by atoms with Crippen molar-refractivity contribution in [1.82, 2.24) is 0 Å². The molecule has 0 bridgehead atoms. The minimum Gasteiger partial charge on any atom is -0.325 e. The standard InChI is InChI=1S/C17H11F3N2O3/c1-9(23)21-13-7-6-10(17(18,19)20)8-14(13)22-15(24)11-4-2-3-5-12(11)16(22)25/h2-8H,1H3,(H,21,23). The number of amides is 3. The molecule has 25 heavy (non-hydrogen) atoms. The van der Waals surface area contributed by atoms with Crippen molar-refractivity contribution in [2.75, 3.05) is 10.2 Å². The lowest BCUT2D eigenvalue weighted by molar-refractivity contribution is -0.137. The second-order valence-electron chi connectivity index (χ2n) is 5.40. The average Bonchev–Trinajstić information content (AvgIpc) is 2.78. The number of imide groups is 1. The number of alkyl halides is 3. The molecular formula is C17H11F3N2O3. The van der Waals surface area contributed by atoms with Gasteiger partial charge in [0.2, 0.25) is 5.91 Å². The summed E-state index contributed by atoms with van der Waals surface area (Å²) in [6, 6.07) is 8.40. The number of anilines is 2. The molecule has 3 rings (SSSR count). The Morgan fingerprint density at radius 1 is 1.00 bits per heavy atom. The molecule has 0 radical (unpaired) electrons. The summed E-state index contributed by atoms with van der Waals surface area (Å²) in [5.41, 5.74) is -1.23. The van der Waals surface area contributed by atoms with E-state index in [1.165, 1.54) is 19.1 Å². The molecule has 5 nitrogen and oxygen atoms in total. The number of rotatable bonds is 2. The van der Waals surface area contributed by atoms with Gasteiger partial charge in [-0.2, -0.15) is 13.2 Å². The first-order valence-corrected chi connectivity index (χ1v) is 7.17. The second kappa shape index (κ2) is 5.73. The zero-order valence-corrected chi connectivity index (χ0v) is 12.8. The highest BCUT2D eigenvalue weighted by molar-refractivity contribution is 6.35. The van der Waals surface area contributed by atoms with Crippen LogP contribution in [0.25, 0.3) is 0 Å². The molecular weight excluding hydrogens is 337 g/mol. The number of fused-ring (bicyclic) bond motifs is 1. The molecule has 0 saturated heterocycles. The van der Waals surface area contributed by atoms with Crippen molar-refractivity contribution >= 4 is 29.1 Å². The zero-order valence-electron chi connectivity index (χ0n) is 12.8. The molecule has 0 spiro atoms. The lowest BCUT2D eigenvalue weighted by Gasteiger charge is -2.20. The Morgan fingerprint density at radius 2 is 1.56 bits per heavy atom. The van der Waals surface area contributed by atoms with Crippen molar-refractivity contribution in [3.63, 3.8) is 0 Å². The third-order valence-corrected chi connectivity index (χ3v) is 3.67. The summed E-state index contributed by atoms with van der Waals surface area (Å²) in [4.78, 5) is 37.0. The number of nitrogens with zero attached hydrogens (tertiary/aromatic N) is 1. The van der Waals surface area contributed by atoms with Crippen LogP contribution in [0.4, 0.5) is 24.5 Å². The first-order chi connectivity index (χ1) is 11.7. The first-order valence-electron chi connectivity index (χ1n) is 7.17. The van der Waals surface area contributed by atoms with Crippen molar-refractivity contribution in [2.45, 2.75) is 13.1 Å². The number of carbonyl (C=O) groups excluding carboxylic acids is 3. The van der Waals surface area contributed by atoms with Gasteiger partial charge in [-0.1, -0.05) is 12.1 Å². The molecule has 0 atom stereocenters. The van der Waals surface area contributed by atoms with Gasteiger partial charge >= 0.3 is 6.18 Å². The van der Waals surface area contributed by atoms with Crippen LogP contribution >= 0.6 is 0 Å². The molecule has 128 valence electrons. The van der Waals surface area contributed by atoms with Crippen LogP contribution in [-0.2, 0) is 11.0 Å². The van der Waals surface area contributed by atoms with E-state index in [2.05, 4.69) is 5.32 Å². The van der Waals surface area contributed by atoms with Gasteiger partial charge < -0.3 is 5.32 Å². The van der Waals surface area contributed by atoms with Gasteiger partial charge in [0.25, 0.3) is 11.8 Å². The maximum atomic E-state index is 13.0. The number of carbonyl (C=O) groups is 3. The van der Waals surface area contributed by atoms with Crippen LogP contribution in [0.15, 0.2) is 42.5 Å². The van der Waals surface area contributed by atoms with E-state index in [0.717, 1.165) is 12.1 Å². The lowest BCUT2D eigenvalue weighted by atomic mass is 10.1. The number of nitrogens with one attached hydrogen (secondary N) is 1. The van der Waals surface area contributed by atoms with Crippen LogP contribution in [0, 0.1) is 0 Å². The number of hydrogen-bond donors (Lipinski definition) is 1. The van der Waals surface area contributed by atoms with Gasteiger partial charge in [0.05, 0.1) is 28.1 Å². The van der Waals surface area contributed by atoms with Crippen molar-refractivity contribution < 1.29 is 27.6 Å². The lowest BCUT2D eigenvalue weighted by Crippen LogP contribution is -2.30. The summed E-state index contributed by atoms with van der Waals surface area (Å²) < 4.78 is 39.1. The van der Waals surface area contributed by atoms with E-state index in [0.29, 0.717) is 11.0 Å². The maximum Gasteiger partial charge on any atom is 0.416 e. The summed E-state index contributed by atoms with van der Waals surface area (Å²) in [7, 11) is 0. The molecule has 0 aromatic heterocycles. The Hall–Kier alpha value is -3.16. The van der Waals surface area contributed by atoms with Crippen molar-refractivity contribution in [3.8, 4) is 0 Å². The molecule has 0 saturated carbocycles. The minimum absolute atomic E-state index is 0.0602. The first kappa shape index (κ1) is 16.7. The van der Waals surface area contributed by atoms with Crippen molar-refractivity contribution in [2.24, 2.45) is 0 Å². The van der Waals surface area contributed by atoms with Crippen LogP contribution in [-0.4, -0.2) is 17.7 Å². The highest BCUT2D eigenvalue weighted by atomic mass is 19.4. The van der Waals surface area contributed by atoms with Gasteiger partial charge in [0.15, 0.2) is 0 Å². The fourth-order valence-corrected chi connectivity index (χ4v) is 2.60. The topological polar surface area (TPSA) is 66.5 Å². The van der Waals surface area contributed by atoms with Gasteiger partial charge in [-0.15, -0.1) is 0 Å². The third kappa shape index (κ3) is 2.86. The van der Waals surface area contributed by atoms with Gasteiger partial charge in [-0.25, -0.2) is 4.90 Å². The van der Waals surface area contributed by atoms with Gasteiger partial charge in [-0.05, 0) is 30.3 Å². The van der Waals surface area contributed by atoms with Crippen molar-refractivity contribution in [1.29, 1.82) is 0 Å². The van der Waals surface area contributed by atoms with E-state index in [-0.39, 0.29) is 22.5 Å². The molecule has 0 aliphatic carbocycles. The smallest absolute Gasteiger partial charge is 0.325 e. The van der Waals surface area contributed by atoms with E-state index in [4.69, 9.17) is 0 Å². The Kier molecular flexibility index (Phi) is 3.82. The number of benzene rings is 2. The monoisotopic (exact) mass is 348 g/mol. The van der Waals surface area contributed by atoms with Crippen LogP contribution in [0.2, 0.25) is 0 Å². The molecule has 0 unspecified atom stereocenters. The predicted octanol–water partition coefficient (Wildman–Crippen LogP) is 3.46. The Labute approximate surface area is 140 Å². The minimum atomic E-state index is -4.66. The Morgan fingerprint density at radius 3 is 2.04 bits per heavy atom. The normalized spacial score (nSPS) is 13.8. The third-order valence-electron chi connectivity index (χ3n) is 3.67. The molecule has 8 heteroatoms. The van der Waals surface area contributed by atoms with Crippen LogP contribution < -0.4 is 10.2 Å². The second-order valence-corrected chi connectivity index (χ2v) is 5.40.